The van der Waals surface area contributed by atoms with Gasteiger partial charge in [-0.15, -0.1) is 0 Å². The molecule has 87 heavy (non-hydrogen) atoms. The first kappa shape index (κ1) is 51.3. The van der Waals surface area contributed by atoms with E-state index in [9.17, 15) is 0 Å². The van der Waals surface area contributed by atoms with Crippen molar-refractivity contribution in [1.29, 1.82) is 0 Å². The fraction of sp³-hybridized carbons (Fsp3) is 0. The van der Waals surface area contributed by atoms with Crippen molar-refractivity contribution >= 4 is 43.4 Å². The van der Waals surface area contributed by atoms with Gasteiger partial charge in [0, 0.05) is 16.5 Å². The molecule has 1 nitrogen and oxygen atoms in total. The van der Waals surface area contributed by atoms with Gasteiger partial charge in [-0.05, 0) is 187 Å². The Hall–Kier alpha value is -11.4. The highest BCUT2D eigenvalue weighted by molar-refractivity contribution is 6.13. The summed E-state index contributed by atoms with van der Waals surface area (Å²) < 4.78 is 2.51. The van der Waals surface area contributed by atoms with E-state index in [1.54, 1.807) is 0 Å². The van der Waals surface area contributed by atoms with E-state index in [-0.39, 0.29) is 0 Å². The molecule has 1 heterocycles. The lowest BCUT2D eigenvalue weighted by molar-refractivity contribution is 1.18. The third-order valence-electron chi connectivity index (χ3n) is 17.6. The van der Waals surface area contributed by atoms with E-state index in [1.165, 1.54) is 110 Å². The summed E-state index contributed by atoms with van der Waals surface area (Å²) in [5.74, 6) is 0. The van der Waals surface area contributed by atoms with Crippen molar-refractivity contribution in [2.75, 3.05) is 0 Å². The Kier molecular flexibility index (Phi) is 13.0. The summed E-state index contributed by atoms with van der Waals surface area (Å²) in [4.78, 5) is 0. The maximum absolute atomic E-state index is 2.51. The number of rotatable bonds is 11. The van der Waals surface area contributed by atoms with Gasteiger partial charge in [0.2, 0.25) is 0 Å². The maximum Gasteiger partial charge on any atom is 0.0541 e. The molecule has 15 aromatic carbocycles. The second kappa shape index (κ2) is 22.0. The zero-order valence-electron chi connectivity index (χ0n) is 47.9. The Labute approximate surface area is 507 Å². The Morgan fingerprint density at radius 1 is 0.149 bits per heavy atom. The van der Waals surface area contributed by atoms with Crippen LogP contribution in [-0.2, 0) is 0 Å². The number of fused-ring (bicyclic) bond motifs is 5. The molecular weight excluding hydrogens is 1050 g/mol. The Balaban J connectivity index is 0.920. The lowest BCUT2D eigenvalue weighted by Gasteiger charge is -2.16. The normalized spacial score (nSPS) is 11.4. The summed E-state index contributed by atoms with van der Waals surface area (Å²) in [6.07, 6.45) is 0. The van der Waals surface area contributed by atoms with Crippen LogP contribution in [0.2, 0.25) is 0 Å². The SMILES string of the molecule is c1ccc(-c2ccc(-c3cc(-c4ccc(-c5ccccc5)cc4)cc(-n4c5ccc(-c6ccc(-c7cccc8ccccc78)cc6-c6ccccc6)cc5c5cc(-c6ccc(-c7cccc8ccccc78)cc6-c6ccccc6)ccc54)c3)cc2)cc1. The molecule has 0 saturated carbocycles. The fourth-order valence-corrected chi connectivity index (χ4v) is 13.3. The smallest absolute Gasteiger partial charge is 0.0541 e. The van der Waals surface area contributed by atoms with Gasteiger partial charge in [-0.3, -0.25) is 0 Å². The van der Waals surface area contributed by atoms with Gasteiger partial charge >= 0.3 is 0 Å². The molecule has 0 radical (unpaired) electrons. The van der Waals surface area contributed by atoms with Gasteiger partial charge in [0.05, 0.1) is 11.0 Å². The van der Waals surface area contributed by atoms with Crippen molar-refractivity contribution in [3.05, 3.63) is 346 Å². The number of hydrogen-bond acceptors (Lipinski definition) is 0. The number of aromatic nitrogens is 1. The highest BCUT2D eigenvalue weighted by Crippen LogP contribution is 2.45. The van der Waals surface area contributed by atoms with Crippen LogP contribution in [0.25, 0.3) is 160 Å². The molecule has 406 valence electrons. The van der Waals surface area contributed by atoms with Crippen molar-refractivity contribution in [3.8, 4) is 117 Å². The van der Waals surface area contributed by atoms with E-state index in [1.807, 2.05) is 0 Å². The number of hydrogen-bond donors (Lipinski definition) is 0. The Morgan fingerprint density at radius 3 is 0.874 bits per heavy atom. The Morgan fingerprint density at radius 2 is 0.460 bits per heavy atom. The standard InChI is InChI=1S/C86H57N/c1-5-19-58(20-6-1)60-35-39-62(40-36-60)72-51-73(63-41-37-61(38-42-63)59-21-7-2-8-22-59)53-74(52-72)87-85-49-45-70(79-47-43-68(54-81(79)66-23-9-3-10-24-66)77-33-17-29-64-27-13-15-31-75(64)77)56-83(85)84-57-71(46-50-86(84)87)80-48-44-69(55-82(80)67-25-11-4-12-26-67)78-34-18-30-65-28-14-16-32-76(65)78/h1-57H. The van der Waals surface area contributed by atoms with E-state index >= 15 is 0 Å². The van der Waals surface area contributed by atoms with Crippen LogP contribution in [0.5, 0.6) is 0 Å². The molecule has 0 bridgehead atoms. The summed E-state index contributed by atoms with van der Waals surface area (Å²) >= 11 is 0. The zero-order chi connectivity index (χ0) is 57.6. The second-order valence-corrected chi connectivity index (χ2v) is 22.8. The monoisotopic (exact) mass is 1100 g/mol. The summed E-state index contributed by atoms with van der Waals surface area (Å²) in [5, 5.41) is 7.32. The largest absolute Gasteiger partial charge is 0.309 e. The van der Waals surface area contributed by atoms with E-state index in [0.29, 0.717) is 0 Å². The van der Waals surface area contributed by atoms with Crippen molar-refractivity contribution in [3.63, 3.8) is 0 Å². The van der Waals surface area contributed by atoms with Gasteiger partial charge in [-0.25, -0.2) is 0 Å². The van der Waals surface area contributed by atoms with E-state index < -0.39 is 0 Å². The molecule has 0 aliphatic carbocycles. The quantitative estimate of drug-likeness (QED) is 0.122. The van der Waals surface area contributed by atoms with Gasteiger partial charge in [-0.1, -0.05) is 291 Å². The molecule has 0 saturated heterocycles. The van der Waals surface area contributed by atoms with Gasteiger partial charge in [0.1, 0.15) is 0 Å². The lowest BCUT2D eigenvalue weighted by atomic mass is 9.89. The first-order valence-electron chi connectivity index (χ1n) is 30.0. The van der Waals surface area contributed by atoms with Gasteiger partial charge < -0.3 is 4.57 Å². The molecule has 1 heteroatoms. The molecule has 0 spiro atoms. The minimum Gasteiger partial charge on any atom is -0.309 e. The molecule has 16 aromatic rings. The van der Waals surface area contributed by atoms with Crippen LogP contribution >= 0.6 is 0 Å². The molecule has 1 aromatic heterocycles. The molecule has 0 unspecified atom stereocenters. The Bertz CT molecular complexity index is 4880. The minimum absolute atomic E-state index is 1.09. The molecular formula is C86H57N. The third kappa shape index (κ3) is 9.59. The molecule has 0 aliphatic rings. The number of benzene rings is 15. The molecule has 0 fully saturated rings. The molecule has 16 rings (SSSR count). The van der Waals surface area contributed by atoms with Crippen molar-refractivity contribution < 1.29 is 0 Å². The molecule has 0 amide bonds. The predicted molar refractivity (Wildman–Crippen MR) is 370 cm³/mol. The van der Waals surface area contributed by atoms with Crippen molar-refractivity contribution in [2.24, 2.45) is 0 Å². The van der Waals surface area contributed by atoms with Crippen LogP contribution in [0.4, 0.5) is 0 Å². The van der Waals surface area contributed by atoms with E-state index in [2.05, 4.69) is 350 Å². The average Bonchev–Trinajstić information content (AvgIpc) is 2.04. The summed E-state index contributed by atoms with van der Waals surface area (Å²) in [6.45, 7) is 0. The number of nitrogens with zero attached hydrogens (tertiary/aromatic N) is 1. The lowest BCUT2D eigenvalue weighted by Crippen LogP contribution is -1.96. The van der Waals surface area contributed by atoms with Crippen LogP contribution in [-0.4, -0.2) is 4.57 Å². The van der Waals surface area contributed by atoms with Crippen molar-refractivity contribution in [2.45, 2.75) is 0 Å². The first-order chi connectivity index (χ1) is 43.1. The van der Waals surface area contributed by atoms with E-state index in [0.717, 1.165) is 50.1 Å². The maximum atomic E-state index is 2.51. The zero-order valence-corrected chi connectivity index (χ0v) is 47.9. The van der Waals surface area contributed by atoms with Crippen molar-refractivity contribution in [1.82, 2.24) is 4.57 Å². The van der Waals surface area contributed by atoms with Gasteiger partial charge in [-0.2, -0.15) is 0 Å². The van der Waals surface area contributed by atoms with Crippen LogP contribution < -0.4 is 0 Å². The summed E-state index contributed by atoms with van der Waals surface area (Å²) in [6, 6.07) is 127. The average molecular weight is 1100 g/mol. The highest BCUT2D eigenvalue weighted by Gasteiger charge is 2.21. The topological polar surface area (TPSA) is 4.93 Å². The predicted octanol–water partition coefficient (Wildman–Crippen LogP) is 23.8. The third-order valence-corrected chi connectivity index (χ3v) is 17.6. The van der Waals surface area contributed by atoms with Crippen LogP contribution in [0, 0.1) is 0 Å². The second-order valence-electron chi connectivity index (χ2n) is 22.8. The first-order valence-corrected chi connectivity index (χ1v) is 30.0. The molecule has 0 atom stereocenters. The van der Waals surface area contributed by atoms with Gasteiger partial charge in [0.25, 0.3) is 0 Å². The van der Waals surface area contributed by atoms with Crippen LogP contribution in [0.1, 0.15) is 0 Å². The summed E-state index contributed by atoms with van der Waals surface area (Å²) in [7, 11) is 0. The molecule has 0 aliphatic heterocycles. The summed E-state index contributed by atoms with van der Waals surface area (Å²) in [5.41, 5.74) is 27.0. The van der Waals surface area contributed by atoms with Gasteiger partial charge in [0.15, 0.2) is 0 Å². The minimum atomic E-state index is 1.09. The van der Waals surface area contributed by atoms with Crippen LogP contribution in [0.3, 0.4) is 0 Å². The fourth-order valence-electron chi connectivity index (χ4n) is 13.3. The van der Waals surface area contributed by atoms with Crippen LogP contribution in [0.15, 0.2) is 346 Å². The molecule has 0 N–H and O–H groups in total. The highest BCUT2D eigenvalue weighted by atomic mass is 15.0. The van der Waals surface area contributed by atoms with E-state index in [4.69, 9.17) is 0 Å².